The lowest BCUT2D eigenvalue weighted by Gasteiger charge is -2.39. The number of rotatable bonds is 3. The Labute approximate surface area is 138 Å². The number of nitrogens with zero attached hydrogens (tertiary/aromatic N) is 1. The van der Waals surface area contributed by atoms with E-state index in [0.29, 0.717) is 17.7 Å². The van der Waals surface area contributed by atoms with Gasteiger partial charge in [0.2, 0.25) is 11.8 Å². The zero-order valence-electron chi connectivity index (χ0n) is 14.0. The molecule has 0 aromatic rings. The average Bonchev–Trinajstić information content (AvgIpc) is 3.33. The van der Waals surface area contributed by atoms with E-state index in [9.17, 15) is 9.59 Å². The third-order valence-electron chi connectivity index (χ3n) is 6.56. The van der Waals surface area contributed by atoms with Crippen LogP contribution in [0.3, 0.4) is 0 Å². The van der Waals surface area contributed by atoms with E-state index in [1.54, 1.807) is 0 Å². The minimum atomic E-state index is -0.154. The van der Waals surface area contributed by atoms with Crippen molar-refractivity contribution in [3.63, 3.8) is 0 Å². The monoisotopic (exact) mass is 319 g/mol. The van der Waals surface area contributed by atoms with E-state index < -0.39 is 0 Å². The molecule has 0 unspecified atom stereocenters. The van der Waals surface area contributed by atoms with E-state index in [1.165, 1.54) is 19.3 Å². The first-order valence-corrected chi connectivity index (χ1v) is 9.49. The lowest BCUT2D eigenvalue weighted by molar-refractivity contribution is -0.136. The number of carbonyl (C=O) groups is 2. The summed E-state index contributed by atoms with van der Waals surface area (Å²) in [7, 11) is 0. The molecule has 0 bridgehead atoms. The maximum absolute atomic E-state index is 13.0. The van der Waals surface area contributed by atoms with Crippen molar-refractivity contribution >= 4 is 11.8 Å². The van der Waals surface area contributed by atoms with Crippen molar-refractivity contribution in [2.24, 2.45) is 17.3 Å². The predicted molar refractivity (Wildman–Crippen MR) is 87.7 cm³/mol. The summed E-state index contributed by atoms with van der Waals surface area (Å²) in [5.74, 6) is 1.46. The van der Waals surface area contributed by atoms with Crippen LogP contribution in [0.5, 0.6) is 0 Å². The molecule has 2 N–H and O–H groups in total. The molecule has 2 heterocycles. The van der Waals surface area contributed by atoms with Gasteiger partial charge in [-0.3, -0.25) is 9.59 Å². The Bertz CT molecular complexity index is 483. The van der Waals surface area contributed by atoms with E-state index in [2.05, 4.69) is 10.6 Å². The fraction of sp³-hybridized carbons (Fsp3) is 0.889. The molecule has 5 heteroatoms. The maximum Gasteiger partial charge on any atom is 0.228 e. The molecular formula is C18H29N3O2. The summed E-state index contributed by atoms with van der Waals surface area (Å²) in [6.45, 7) is 3.48. The van der Waals surface area contributed by atoms with Gasteiger partial charge in [-0.15, -0.1) is 0 Å². The summed E-state index contributed by atoms with van der Waals surface area (Å²) >= 11 is 0. The number of piperidine rings is 1. The molecule has 5 nitrogen and oxygen atoms in total. The first-order chi connectivity index (χ1) is 11.2. The van der Waals surface area contributed by atoms with Crippen LogP contribution in [-0.4, -0.2) is 48.9 Å². The Morgan fingerprint density at radius 3 is 2.57 bits per heavy atom. The van der Waals surface area contributed by atoms with Crippen molar-refractivity contribution < 1.29 is 9.59 Å². The van der Waals surface area contributed by atoms with Crippen molar-refractivity contribution in [1.29, 1.82) is 0 Å². The van der Waals surface area contributed by atoms with Gasteiger partial charge in [-0.1, -0.05) is 12.8 Å². The molecule has 0 aromatic heterocycles. The van der Waals surface area contributed by atoms with E-state index in [1.807, 2.05) is 4.90 Å². The number of hydrogen-bond donors (Lipinski definition) is 2. The summed E-state index contributed by atoms with van der Waals surface area (Å²) in [5.41, 5.74) is -0.154. The van der Waals surface area contributed by atoms with Gasteiger partial charge in [0.05, 0.1) is 5.41 Å². The van der Waals surface area contributed by atoms with Crippen LogP contribution >= 0.6 is 0 Å². The molecule has 128 valence electrons. The quantitative estimate of drug-likeness (QED) is 0.824. The first kappa shape index (κ1) is 15.4. The highest BCUT2D eigenvalue weighted by atomic mass is 16.2. The fourth-order valence-electron chi connectivity index (χ4n) is 4.85. The van der Waals surface area contributed by atoms with Gasteiger partial charge in [-0.25, -0.2) is 0 Å². The second kappa shape index (κ2) is 6.08. The highest BCUT2D eigenvalue weighted by molar-refractivity contribution is 5.84. The maximum atomic E-state index is 13.0. The van der Waals surface area contributed by atoms with E-state index in [4.69, 9.17) is 0 Å². The Morgan fingerprint density at radius 1 is 1.04 bits per heavy atom. The largest absolute Gasteiger partial charge is 0.353 e. The van der Waals surface area contributed by atoms with Crippen LogP contribution in [0.1, 0.15) is 51.4 Å². The van der Waals surface area contributed by atoms with Crippen molar-refractivity contribution in [3.8, 4) is 0 Å². The summed E-state index contributed by atoms with van der Waals surface area (Å²) in [6.07, 6.45) is 8.66. The Balaban J connectivity index is 1.32. The standard InChI is InChI=1S/C18H29N3O2/c22-16(13-4-5-13)21-9-6-15(7-10-21)20-17(23)18-8-2-1-3-14(18)11-19-12-18/h13-15,19H,1-12H2,(H,20,23)/t14-,18+/m0/s1. The number of nitrogens with one attached hydrogen (secondary N) is 2. The van der Waals surface area contributed by atoms with E-state index in [0.717, 1.165) is 58.3 Å². The molecule has 2 amide bonds. The molecular weight excluding hydrogens is 290 g/mol. The number of likely N-dealkylation sites (tertiary alicyclic amines) is 1. The molecule has 0 radical (unpaired) electrons. The van der Waals surface area contributed by atoms with Gasteiger partial charge in [0.15, 0.2) is 0 Å². The number of amides is 2. The smallest absolute Gasteiger partial charge is 0.228 e. The molecule has 4 aliphatic rings. The van der Waals surface area contributed by atoms with Crippen LogP contribution in [-0.2, 0) is 9.59 Å². The summed E-state index contributed by atoms with van der Waals surface area (Å²) in [5, 5.41) is 6.79. The molecule has 2 aliphatic heterocycles. The number of hydrogen-bond acceptors (Lipinski definition) is 3. The second-order valence-electron chi connectivity index (χ2n) is 8.08. The highest BCUT2D eigenvalue weighted by Gasteiger charge is 2.50. The summed E-state index contributed by atoms with van der Waals surface area (Å²) < 4.78 is 0. The molecule has 2 saturated carbocycles. The molecule has 4 fully saturated rings. The summed E-state index contributed by atoms with van der Waals surface area (Å²) in [6, 6.07) is 0.253. The summed E-state index contributed by atoms with van der Waals surface area (Å²) in [4.78, 5) is 27.1. The van der Waals surface area contributed by atoms with Crippen molar-refractivity contribution in [1.82, 2.24) is 15.5 Å². The Morgan fingerprint density at radius 2 is 1.83 bits per heavy atom. The molecule has 2 saturated heterocycles. The normalized spacial score (nSPS) is 35.0. The fourth-order valence-corrected chi connectivity index (χ4v) is 4.85. The lowest BCUT2D eigenvalue weighted by Crippen LogP contribution is -2.53. The molecule has 4 rings (SSSR count). The second-order valence-corrected chi connectivity index (χ2v) is 8.08. The van der Waals surface area contributed by atoms with Crippen LogP contribution in [0.2, 0.25) is 0 Å². The van der Waals surface area contributed by atoms with Crippen LogP contribution < -0.4 is 10.6 Å². The van der Waals surface area contributed by atoms with Gasteiger partial charge in [-0.05, 0) is 51.0 Å². The Hall–Kier alpha value is -1.10. The average molecular weight is 319 g/mol. The highest BCUT2D eigenvalue weighted by Crippen LogP contribution is 2.44. The lowest BCUT2D eigenvalue weighted by atomic mass is 9.67. The SMILES string of the molecule is O=C(C1CC1)N1CCC(NC(=O)[C@@]23CCCC[C@H]2CNC3)CC1. The minimum Gasteiger partial charge on any atom is -0.353 e. The molecule has 23 heavy (non-hydrogen) atoms. The third-order valence-corrected chi connectivity index (χ3v) is 6.56. The topological polar surface area (TPSA) is 61.4 Å². The van der Waals surface area contributed by atoms with Crippen molar-refractivity contribution in [2.75, 3.05) is 26.2 Å². The van der Waals surface area contributed by atoms with Gasteiger partial charge in [0.25, 0.3) is 0 Å². The third kappa shape index (κ3) is 2.88. The molecule has 2 aliphatic carbocycles. The molecule has 0 aromatic carbocycles. The minimum absolute atomic E-state index is 0.154. The van der Waals surface area contributed by atoms with E-state index in [-0.39, 0.29) is 17.4 Å². The van der Waals surface area contributed by atoms with Gasteiger partial charge >= 0.3 is 0 Å². The Kier molecular flexibility index (Phi) is 4.08. The molecule has 0 spiro atoms. The predicted octanol–water partition coefficient (Wildman–Crippen LogP) is 1.28. The van der Waals surface area contributed by atoms with Crippen LogP contribution in [0.15, 0.2) is 0 Å². The number of carbonyl (C=O) groups excluding carboxylic acids is 2. The van der Waals surface area contributed by atoms with Crippen LogP contribution in [0, 0.1) is 17.3 Å². The van der Waals surface area contributed by atoms with Gasteiger partial charge in [-0.2, -0.15) is 0 Å². The van der Waals surface area contributed by atoms with Crippen molar-refractivity contribution in [3.05, 3.63) is 0 Å². The van der Waals surface area contributed by atoms with Gasteiger partial charge in [0.1, 0.15) is 0 Å². The zero-order chi connectivity index (χ0) is 15.9. The molecule has 2 atom stereocenters. The van der Waals surface area contributed by atoms with Gasteiger partial charge in [0, 0.05) is 31.6 Å². The van der Waals surface area contributed by atoms with Crippen LogP contribution in [0.25, 0.3) is 0 Å². The van der Waals surface area contributed by atoms with Gasteiger partial charge < -0.3 is 15.5 Å². The first-order valence-electron chi connectivity index (χ1n) is 9.49. The van der Waals surface area contributed by atoms with Crippen molar-refractivity contribution in [2.45, 2.75) is 57.4 Å². The van der Waals surface area contributed by atoms with E-state index >= 15 is 0 Å². The zero-order valence-corrected chi connectivity index (χ0v) is 14.0. The van der Waals surface area contributed by atoms with Crippen LogP contribution in [0.4, 0.5) is 0 Å². The number of fused-ring (bicyclic) bond motifs is 1.